The number of hydrogen-bond donors (Lipinski definition) is 2. The van der Waals surface area contributed by atoms with E-state index >= 15 is 0 Å². The molecule has 0 spiro atoms. The van der Waals surface area contributed by atoms with Gasteiger partial charge >= 0.3 is 0 Å². The molecule has 3 rings (SSSR count). The van der Waals surface area contributed by atoms with Gasteiger partial charge in [0.05, 0.1) is 16.8 Å². The van der Waals surface area contributed by atoms with Crippen LogP contribution in [0.5, 0.6) is 0 Å². The number of nitrogens with one attached hydrogen (secondary N) is 2. The zero-order valence-corrected chi connectivity index (χ0v) is 15.7. The lowest BCUT2D eigenvalue weighted by molar-refractivity contribution is 0.601. The summed E-state index contributed by atoms with van der Waals surface area (Å²) < 4.78 is 27.2. The van der Waals surface area contributed by atoms with Gasteiger partial charge in [-0.3, -0.25) is 4.72 Å². The Labute approximate surface area is 158 Å². The summed E-state index contributed by atoms with van der Waals surface area (Å²) in [5, 5.41) is 3.57. The highest BCUT2D eigenvalue weighted by Crippen LogP contribution is 2.19. The van der Waals surface area contributed by atoms with Crippen LogP contribution in [0.25, 0.3) is 0 Å². The zero-order valence-electron chi connectivity index (χ0n) is 14.1. The minimum Gasteiger partial charge on any atom is -0.366 e. The normalized spacial score (nSPS) is 11.2. The quantitative estimate of drug-likeness (QED) is 0.655. The van der Waals surface area contributed by atoms with Gasteiger partial charge in [-0.1, -0.05) is 47.5 Å². The first-order valence-electron chi connectivity index (χ1n) is 7.96. The van der Waals surface area contributed by atoms with E-state index in [2.05, 4.69) is 39.3 Å². The second-order valence-corrected chi connectivity index (χ2v) is 7.95. The number of rotatable bonds is 6. The number of aromatic nitrogens is 1. The van der Waals surface area contributed by atoms with Crippen LogP contribution in [0.15, 0.2) is 71.8 Å². The number of nitrogens with zero attached hydrogens (tertiary/aromatic N) is 1. The Morgan fingerprint density at radius 1 is 1.04 bits per heavy atom. The standard InChI is InChI=1S/C19H18ClN3O2S/c1-14-5-7-15(8-6-14)12-21-19-10-9-17(13-22-19)23-26(24,25)18-4-2-3-16(20)11-18/h2-11,13,23H,12H2,1H3,(H,21,22). The van der Waals surface area contributed by atoms with Crippen LogP contribution in [-0.4, -0.2) is 13.4 Å². The third-order valence-electron chi connectivity index (χ3n) is 3.72. The molecule has 0 radical (unpaired) electrons. The topological polar surface area (TPSA) is 71.1 Å². The van der Waals surface area contributed by atoms with Crippen LogP contribution in [0.4, 0.5) is 11.5 Å². The molecule has 5 nitrogen and oxygen atoms in total. The Hall–Kier alpha value is -2.57. The molecule has 0 saturated heterocycles. The maximum absolute atomic E-state index is 12.4. The Balaban J connectivity index is 1.64. The third-order valence-corrected chi connectivity index (χ3v) is 5.33. The molecule has 7 heteroatoms. The Morgan fingerprint density at radius 3 is 2.46 bits per heavy atom. The molecule has 3 aromatic rings. The first-order chi connectivity index (χ1) is 12.4. The number of anilines is 2. The lowest BCUT2D eigenvalue weighted by Crippen LogP contribution is -2.13. The largest absolute Gasteiger partial charge is 0.366 e. The fraction of sp³-hybridized carbons (Fsp3) is 0.105. The molecule has 0 fully saturated rings. The van der Waals surface area contributed by atoms with Gasteiger partial charge in [0.25, 0.3) is 10.0 Å². The van der Waals surface area contributed by atoms with Crippen molar-refractivity contribution in [3.63, 3.8) is 0 Å². The highest BCUT2D eigenvalue weighted by atomic mass is 35.5. The Bertz CT molecular complexity index is 988. The van der Waals surface area contributed by atoms with E-state index in [9.17, 15) is 8.42 Å². The van der Waals surface area contributed by atoms with Gasteiger partial charge in [0.1, 0.15) is 5.82 Å². The van der Waals surface area contributed by atoms with Crippen molar-refractivity contribution >= 4 is 33.1 Å². The van der Waals surface area contributed by atoms with Crippen molar-refractivity contribution in [1.29, 1.82) is 0 Å². The summed E-state index contributed by atoms with van der Waals surface area (Å²) in [5.74, 6) is 0.663. The van der Waals surface area contributed by atoms with E-state index in [4.69, 9.17) is 11.6 Å². The molecule has 1 aromatic heterocycles. The molecule has 0 unspecified atom stereocenters. The number of sulfonamides is 1. The molecule has 0 saturated carbocycles. The summed E-state index contributed by atoms with van der Waals surface area (Å²) in [7, 11) is -3.70. The van der Waals surface area contributed by atoms with Gasteiger partial charge in [0.15, 0.2) is 0 Å². The van der Waals surface area contributed by atoms with Gasteiger partial charge in [-0.05, 0) is 42.8 Å². The van der Waals surface area contributed by atoms with E-state index in [0.717, 1.165) is 5.56 Å². The smallest absolute Gasteiger partial charge is 0.261 e. The van der Waals surface area contributed by atoms with Crippen molar-refractivity contribution in [1.82, 2.24) is 4.98 Å². The fourth-order valence-corrected chi connectivity index (χ4v) is 3.65. The van der Waals surface area contributed by atoms with Crippen molar-refractivity contribution in [2.45, 2.75) is 18.4 Å². The lowest BCUT2D eigenvalue weighted by atomic mass is 10.1. The van der Waals surface area contributed by atoms with Crippen LogP contribution >= 0.6 is 11.6 Å². The summed E-state index contributed by atoms with van der Waals surface area (Å²) >= 11 is 5.86. The molecule has 0 aliphatic carbocycles. The molecule has 1 heterocycles. The Morgan fingerprint density at radius 2 is 1.81 bits per heavy atom. The molecule has 26 heavy (non-hydrogen) atoms. The molecule has 0 atom stereocenters. The van der Waals surface area contributed by atoms with Crippen LogP contribution in [0, 0.1) is 6.92 Å². The molecule has 2 N–H and O–H groups in total. The fourth-order valence-electron chi connectivity index (χ4n) is 2.31. The van der Waals surface area contributed by atoms with Crippen LogP contribution < -0.4 is 10.0 Å². The van der Waals surface area contributed by atoms with Crippen LogP contribution in [0.1, 0.15) is 11.1 Å². The maximum atomic E-state index is 12.4. The third kappa shape index (κ3) is 4.74. The number of hydrogen-bond acceptors (Lipinski definition) is 4. The molecule has 134 valence electrons. The summed E-state index contributed by atoms with van der Waals surface area (Å²) in [6, 6.07) is 17.7. The maximum Gasteiger partial charge on any atom is 0.261 e. The molecule has 2 aromatic carbocycles. The van der Waals surface area contributed by atoms with Crippen LogP contribution in [0.2, 0.25) is 5.02 Å². The monoisotopic (exact) mass is 387 g/mol. The van der Waals surface area contributed by atoms with E-state index in [-0.39, 0.29) is 4.90 Å². The Kier molecular flexibility index (Phi) is 5.44. The van der Waals surface area contributed by atoms with Crippen LogP contribution in [0.3, 0.4) is 0 Å². The highest BCUT2D eigenvalue weighted by Gasteiger charge is 2.14. The van der Waals surface area contributed by atoms with E-state index in [0.29, 0.717) is 23.1 Å². The summed E-state index contributed by atoms with van der Waals surface area (Å²) in [6.07, 6.45) is 1.47. The highest BCUT2D eigenvalue weighted by molar-refractivity contribution is 7.92. The van der Waals surface area contributed by atoms with E-state index in [1.54, 1.807) is 24.3 Å². The van der Waals surface area contributed by atoms with Gasteiger partial charge in [-0.2, -0.15) is 0 Å². The molecule has 0 amide bonds. The first-order valence-corrected chi connectivity index (χ1v) is 9.82. The van der Waals surface area contributed by atoms with E-state index in [1.165, 1.54) is 23.9 Å². The van der Waals surface area contributed by atoms with Crippen molar-refractivity contribution in [3.05, 3.63) is 83.0 Å². The van der Waals surface area contributed by atoms with Gasteiger partial charge in [-0.15, -0.1) is 0 Å². The van der Waals surface area contributed by atoms with E-state index < -0.39 is 10.0 Å². The first kappa shape index (κ1) is 18.2. The number of pyridine rings is 1. The number of halogens is 1. The predicted octanol–water partition coefficient (Wildman–Crippen LogP) is 4.46. The lowest BCUT2D eigenvalue weighted by Gasteiger charge is -2.10. The van der Waals surface area contributed by atoms with Crippen molar-refractivity contribution < 1.29 is 8.42 Å². The van der Waals surface area contributed by atoms with Gasteiger partial charge in [0, 0.05) is 11.6 Å². The van der Waals surface area contributed by atoms with Gasteiger partial charge in [-0.25, -0.2) is 13.4 Å². The second kappa shape index (κ2) is 7.76. The molecule has 0 aliphatic heterocycles. The van der Waals surface area contributed by atoms with Crippen LogP contribution in [-0.2, 0) is 16.6 Å². The van der Waals surface area contributed by atoms with Gasteiger partial charge < -0.3 is 5.32 Å². The van der Waals surface area contributed by atoms with Crippen molar-refractivity contribution in [3.8, 4) is 0 Å². The molecule has 0 bridgehead atoms. The summed E-state index contributed by atoms with van der Waals surface area (Å²) in [5.41, 5.74) is 2.73. The van der Waals surface area contributed by atoms with Gasteiger partial charge in [0.2, 0.25) is 0 Å². The number of benzene rings is 2. The minimum atomic E-state index is -3.70. The molecular formula is C19H18ClN3O2S. The molecular weight excluding hydrogens is 370 g/mol. The predicted molar refractivity (Wildman–Crippen MR) is 105 cm³/mol. The average molecular weight is 388 g/mol. The van der Waals surface area contributed by atoms with Crippen molar-refractivity contribution in [2.24, 2.45) is 0 Å². The second-order valence-electron chi connectivity index (χ2n) is 5.83. The molecule has 0 aliphatic rings. The average Bonchev–Trinajstić information content (AvgIpc) is 2.62. The van der Waals surface area contributed by atoms with Crippen molar-refractivity contribution in [2.75, 3.05) is 10.0 Å². The SMILES string of the molecule is Cc1ccc(CNc2ccc(NS(=O)(=O)c3cccc(Cl)c3)cn2)cc1. The summed E-state index contributed by atoms with van der Waals surface area (Å²) in [6.45, 7) is 2.68. The number of aryl methyl sites for hydroxylation is 1. The van der Waals surface area contributed by atoms with E-state index in [1.807, 2.05) is 6.92 Å². The minimum absolute atomic E-state index is 0.103. The summed E-state index contributed by atoms with van der Waals surface area (Å²) in [4.78, 5) is 4.35. The zero-order chi connectivity index (χ0) is 18.6.